The number of hydrogen-bond donors (Lipinski definition) is 0. The first-order valence-corrected chi connectivity index (χ1v) is 23.7. The van der Waals surface area contributed by atoms with Crippen LogP contribution in [0.15, 0.2) is 97.2 Å². The summed E-state index contributed by atoms with van der Waals surface area (Å²) in [5.41, 5.74) is 0. The van der Waals surface area contributed by atoms with Crippen LogP contribution in [0.4, 0.5) is 0 Å². The predicted octanol–water partition coefficient (Wildman–Crippen LogP) is 15.4. The van der Waals surface area contributed by atoms with Crippen LogP contribution in [-0.4, -0.2) is 37.2 Å². The molecule has 0 aliphatic heterocycles. The number of carbonyl (C=O) groups excluding carboxylic acids is 3. The Morgan fingerprint density at radius 2 is 0.695 bits per heavy atom. The fourth-order valence-corrected chi connectivity index (χ4v) is 6.03. The van der Waals surface area contributed by atoms with E-state index in [2.05, 4.69) is 106 Å². The third-order valence-electron chi connectivity index (χ3n) is 9.59. The van der Waals surface area contributed by atoms with Gasteiger partial charge in [0.2, 0.25) is 0 Å². The highest BCUT2D eigenvalue weighted by atomic mass is 16.6. The zero-order valence-corrected chi connectivity index (χ0v) is 38.0. The molecule has 0 fully saturated rings. The summed E-state index contributed by atoms with van der Waals surface area (Å²) in [6.45, 7) is 6.34. The summed E-state index contributed by atoms with van der Waals surface area (Å²) in [5.74, 6) is -1.03. The van der Waals surface area contributed by atoms with Crippen molar-refractivity contribution in [2.24, 2.45) is 0 Å². The van der Waals surface area contributed by atoms with Crippen molar-refractivity contribution < 1.29 is 28.6 Å². The quantitative estimate of drug-likeness (QED) is 0.0265. The van der Waals surface area contributed by atoms with Gasteiger partial charge in [-0.15, -0.1) is 0 Å². The summed E-state index contributed by atoms with van der Waals surface area (Å²) in [6, 6.07) is 0. The molecule has 0 radical (unpaired) electrons. The van der Waals surface area contributed by atoms with Crippen LogP contribution in [0, 0.1) is 0 Å². The molecule has 1 atom stereocenters. The number of carbonyl (C=O) groups is 3. The maximum Gasteiger partial charge on any atom is 0.306 e. The Bertz CT molecular complexity index is 1220. The summed E-state index contributed by atoms with van der Waals surface area (Å²) in [7, 11) is 0. The average Bonchev–Trinajstić information content (AvgIpc) is 3.23. The van der Waals surface area contributed by atoms with Crippen molar-refractivity contribution in [1.29, 1.82) is 0 Å². The first-order valence-electron chi connectivity index (χ1n) is 23.7. The van der Waals surface area contributed by atoms with E-state index >= 15 is 0 Å². The van der Waals surface area contributed by atoms with Gasteiger partial charge >= 0.3 is 17.9 Å². The minimum absolute atomic E-state index is 0.108. The van der Waals surface area contributed by atoms with Gasteiger partial charge in [0.15, 0.2) is 6.10 Å². The van der Waals surface area contributed by atoms with E-state index in [0.29, 0.717) is 19.3 Å². The van der Waals surface area contributed by atoms with Crippen molar-refractivity contribution in [2.75, 3.05) is 13.2 Å². The molecule has 0 spiro atoms. The van der Waals surface area contributed by atoms with E-state index in [1.807, 2.05) is 12.2 Å². The highest BCUT2D eigenvalue weighted by Gasteiger charge is 2.19. The van der Waals surface area contributed by atoms with Crippen LogP contribution < -0.4 is 0 Å². The molecule has 0 aliphatic rings. The van der Waals surface area contributed by atoms with E-state index in [4.69, 9.17) is 14.2 Å². The number of rotatable bonds is 41. The Kier molecular flexibility index (Phi) is 44.1. The lowest BCUT2D eigenvalue weighted by Gasteiger charge is -2.18. The zero-order chi connectivity index (χ0) is 43.0. The maximum atomic E-state index is 12.7. The number of unbranched alkanes of at least 4 members (excludes halogenated alkanes) is 14. The molecule has 1 unspecified atom stereocenters. The second-order valence-electron chi connectivity index (χ2n) is 15.3. The Balaban J connectivity index is 4.42. The largest absolute Gasteiger partial charge is 0.462 e. The third kappa shape index (κ3) is 45.3. The molecule has 334 valence electrons. The molecule has 6 nitrogen and oxygen atoms in total. The molecule has 0 saturated carbocycles. The van der Waals surface area contributed by atoms with Crippen LogP contribution in [0.25, 0.3) is 0 Å². The molecule has 0 aromatic heterocycles. The molecule has 0 heterocycles. The minimum atomic E-state index is -0.812. The lowest BCUT2D eigenvalue weighted by Crippen LogP contribution is -2.30. The van der Waals surface area contributed by atoms with Crippen molar-refractivity contribution in [2.45, 2.75) is 207 Å². The predicted molar refractivity (Wildman–Crippen MR) is 251 cm³/mol. The van der Waals surface area contributed by atoms with Crippen molar-refractivity contribution in [3.05, 3.63) is 97.2 Å². The van der Waals surface area contributed by atoms with E-state index in [-0.39, 0.29) is 37.5 Å². The standard InChI is InChI=1S/C53H86O6/c1-4-7-10-13-16-18-20-22-24-26-27-28-30-31-33-35-37-40-43-46-52(55)58-49-50(48-57-51(54)45-42-39-15-12-9-6-3)59-53(56)47-44-41-38-36-34-32-29-25-23-21-19-17-14-11-8-5-2/h7,10,16,18-19,21-22,24-25,27-29,31,33,37,40,50H,4-6,8-9,11-15,17,20,23,26,30,32,34-36,38-39,41-49H2,1-3H3/b10-7-,18-16-,21-19-,24-22-,28-27-,29-25-,33-31-,40-37-. The van der Waals surface area contributed by atoms with Crippen LogP contribution in [0.3, 0.4) is 0 Å². The van der Waals surface area contributed by atoms with Crippen LogP contribution in [-0.2, 0) is 28.6 Å². The van der Waals surface area contributed by atoms with Crippen molar-refractivity contribution in [3.8, 4) is 0 Å². The van der Waals surface area contributed by atoms with Crippen LogP contribution in [0.2, 0.25) is 0 Å². The van der Waals surface area contributed by atoms with Gasteiger partial charge in [-0.05, 0) is 89.9 Å². The molecule has 0 rings (SSSR count). The minimum Gasteiger partial charge on any atom is -0.462 e. The monoisotopic (exact) mass is 819 g/mol. The molecular weight excluding hydrogens is 733 g/mol. The van der Waals surface area contributed by atoms with Crippen LogP contribution >= 0.6 is 0 Å². The molecule has 0 aromatic carbocycles. The van der Waals surface area contributed by atoms with Gasteiger partial charge in [-0.2, -0.15) is 0 Å². The van der Waals surface area contributed by atoms with E-state index < -0.39 is 6.10 Å². The maximum absolute atomic E-state index is 12.7. The van der Waals surface area contributed by atoms with Gasteiger partial charge in [-0.25, -0.2) is 0 Å². The summed E-state index contributed by atoms with van der Waals surface area (Å²) in [4.78, 5) is 37.6. The molecule has 6 heteroatoms. The summed E-state index contributed by atoms with van der Waals surface area (Å²) < 4.78 is 16.6. The number of hydrogen-bond acceptors (Lipinski definition) is 6. The van der Waals surface area contributed by atoms with E-state index in [9.17, 15) is 14.4 Å². The lowest BCUT2D eigenvalue weighted by atomic mass is 10.1. The Morgan fingerprint density at radius 3 is 1.15 bits per heavy atom. The Labute approximate surface area is 362 Å². The van der Waals surface area contributed by atoms with Crippen molar-refractivity contribution in [3.63, 3.8) is 0 Å². The molecule has 0 bridgehead atoms. The molecular formula is C53H86O6. The van der Waals surface area contributed by atoms with Gasteiger partial charge in [0.25, 0.3) is 0 Å². The molecule has 0 saturated heterocycles. The van der Waals surface area contributed by atoms with Crippen molar-refractivity contribution in [1.82, 2.24) is 0 Å². The van der Waals surface area contributed by atoms with E-state index in [0.717, 1.165) is 103 Å². The van der Waals surface area contributed by atoms with Gasteiger partial charge in [-0.1, -0.05) is 189 Å². The van der Waals surface area contributed by atoms with Gasteiger partial charge in [0, 0.05) is 19.3 Å². The highest BCUT2D eigenvalue weighted by molar-refractivity contribution is 5.71. The van der Waals surface area contributed by atoms with Gasteiger partial charge in [0.1, 0.15) is 13.2 Å². The van der Waals surface area contributed by atoms with E-state index in [1.165, 1.54) is 51.4 Å². The van der Waals surface area contributed by atoms with Crippen LogP contribution in [0.5, 0.6) is 0 Å². The first kappa shape index (κ1) is 55.3. The Morgan fingerprint density at radius 1 is 0.356 bits per heavy atom. The SMILES string of the molecule is CC/C=C\C/C=C\C/C=C\C/C=C\C/C=C\C/C=C\CCC(=O)OCC(COC(=O)CCCCCCCC)OC(=O)CCCCCCC/C=C\C/C=C\CCCCCC. The Hall–Kier alpha value is -3.67. The van der Waals surface area contributed by atoms with Gasteiger partial charge in [0.05, 0.1) is 0 Å². The smallest absolute Gasteiger partial charge is 0.306 e. The molecule has 0 aliphatic carbocycles. The second-order valence-corrected chi connectivity index (χ2v) is 15.3. The summed E-state index contributed by atoms with van der Waals surface area (Å²) in [5, 5.41) is 0. The normalized spacial score (nSPS) is 12.9. The molecule has 0 amide bonds. The van der Waals surface area contributed by atoms with Gasteiger partial charge < -0.3 is 14.2 Å². The average molecular weight is 819 g/mol. The molecule has 59 heavy (non-hydrogen) atoms. The third-order valence-corrected chi connectivity index (χ3v) is 9.59. The highest BCUT2D eigenvalue weighted by Crippen LogP contribution is 2.12. The second kappa shape index (κ2) is 47.0. The number of allylic oxidation sites excluding steroid dienone is 16. The fourth-order valence-electron chi connectivity index (χ4n) is 6.03. The number of esters is 3. The van der Waals surface area contributed by atoms with Gasteiger partial charge in [-0.3, -0.25) is 14.4 Å². The van der Waals surface area contributed by atoms with Crippen LogP contribution in [0.1, 0.15) is 201 Å². The van der Waals surface area contributed by atoms with Crippen molar-refractivity contribution >= 4 is 17.9 Å². The first-order chi connectivity index (χ1) is 29.0. The topological polar surface area (TPSA) is 78.9 Å². The lowest BCUT2D eigenvalue weighted by molar-refractivity contribution is -0.166. The summed E-state index contributed by atoms with van der Waals surface area (Å²) in [6.07, 6.45) is 61.3. The molecule has 0 N–H and O–H groups in total. The van der Waals surface area contributed by atoms with E-state index in [1.54, 1.807) is 0 Å². The summed E-state index contributed by atoms with van der Waals surface area (Å²) >= 11 is 0. The fraction of sp³-hybridized carbons (Fsp3) is 0.642. The number of ether oxygens (including phenoxy) is 3. The molecule has 0 aromatic rings. The zero-order valence-electron chi connectivity index (χ0n) is 38.0.